The Balaban J connectivity index is 1.88. The van der Waals surface area contributed by atoms with Crippen LogP contribution in [0.5, 0.6) is 0 Å². The highest BCUT2D eigenvalue weighted by Gasteiger charge is 2.08. The van der Waals surface area contributed by atoms with Crippen molar-refractivity contribution in [3.8, 4) is 0 Å². The van der Waals surface area contributed by atoms with Gasteiger partial charge in [-0.05, 0) is 69.0 Å². The van der Waals surface area contributed by atoms with Crippen LogP contribution in [0.2, 0.25) is 5.02 Å². The molecule has 0 bridgehead atoms. The number of hydrogen-bond donors (Lipinski definition) is 2. The second-order valence-corrected chi connectivity index (χ2v) is 7.59. The van der Waals surface area contributed by atoms with Crippen molar-refractivity contribution in [1.29, 1.82) is 0 Å². The van der Waals surface area contributed by atoms with Crippen molar-refractivity contribution in [3.63, 3.8) is 0 Å². The summed E-state index contributed by atoms with van der Waals surface area (Å²) in [5.74, 6) is 0.144. The first-order valence-electron chi connectivity index (χ1n) is 8.07. The quantitative estimate of drug-likeness (QED) is 0.703. The lowest BCUT2D eigenvalue weighted by Crippen LogP contribution is -2.27. The normalized spacial score (nSPS) is 10.7. The van der Waals surface area contributed by atoms with Gasteiger partial charge in [0, 0.05) is 21.3 Å². The molecule has 0 aliphatic rings. The summed E-state index contributed by atoms with van der Waals surface area (Å²) in [7, 11) is 3.68. The van der Waals surface area contributed by atoms with Crippen molar-refractivity contribution in [1.82, 2.24) is 4.90 Å². The smallest absolute Gasteiger partial charge is 0.238 e. The topological polar surface area (TPSA) is 61.4 Å². The summed E-state index contributed by atoms with van der Waals surface area (Å²) < 4.78 is 0. The van der Waals surface area contributed by atoms with Gasteiger partial charge in [-0.1, -0.05) is 11.6 Å². The molecule has 2 rings (SSSR count). The Kier molecular flexibility index (Phi) is 7.50. The molecule has 0 radical (unpaired) electrons. The molecule has 0 saturated heterocycles. The summed E-state index contributed by atoms with van der Waals surface area (Å²) in [6.45, 7) is 2.21. The van der Waals surface area contributed by atoms with E-state index in [2.05, 4.69) is 10.6 Å². The molecule has 2 aromatic rings. The Morgan fingerprint density at radius 2 is 1.73 bits per heavy atom. The Morgan fingerprint density at radius 3 is 2.35 bits per heavy atom. The minimum Gasteiger partial charge on any atom is -0.325 e. The van der Waals surface area contributed by atoms with E-state index in [0.29, 0.717) is 23.0 Å². The van der Waals surface area contributed by atoms with Crippen molar-refractivity contribution in [2.24, 2.45) is 0 Å². The molecule has 0 fully saturated rings. The molecule has 138 valence electrons. The van der Waals surface area contributed by atoms with Gasteiger partial charge >= 0.3 is 0 Å². The molecule has 0 heterocycles. The number of rotatable bonds is 7. The van der Waals surface area contributed by atoms with Crippen molar-refractivity contribution in [2.75, 3.05) is 37.0 Å². The maximum absolute atomic E-state index is 12.1. The van der Waals surface area contributed by atoms with Crippen LogP contribution < -0.4 is 10.6 Å². The number of aryl methyl sites for hydroxylation is 1. The Bertz CT molecular complexity index is 779. The standard InChI is InChI=1S/C19H22ClN3O2S/c1-13-10-15(6-9-17(13)22-18(24)11-23(2)3)21-19(25)12-26-16-7-4-14(20)5-8-16/h4-10H,11-12H2,1-3H3,(H,21,25)(H,22,24). The van der Waals surface area contributed by atoms with E-state index in [1.165, 1.54) is 11.8 Å². The number of likely N-dealkylation sites (N-methyl/N-ethyl adjacent to an activating group) is 1. The van der Waals surface area contributed by atoms with Crippen LogP contribution in [-0.2, 0) is 9.59 Å². The number of anilines is 2. The van der Waals surface area contributed by atoms with E-state index in [1.807, 2.05) is 39.2 Å². The molecule has 0 aliphatic heterocycles. The molecule has 0 spiro atoms. The zero-order chi connectivity index (χ0) is 19.1. The van der Waals surface area contributed by atoms with Crippen LogP contribution in [0.15, 0.2) is 47.4 Å². The number of nitrogens with zero attached hydrogens (tertiary/aromatic N) is 1. The summed E-state index contributed by atoms with van der Waals surface area (Å²) in [5, 5.41) is 6.41. The van der Waals surface area contributed by atoms with Crippen LogP contribution in [0, 0.1) is 6.92 Å². The van der Waals surface area contributed by atoms with E-state index in [4.69, 9.17) is 11.6 Å². The van der Waals surface area contributed by atoms with Crippen molar-refractivity contribution in [3.05, 3.63) is 53.1 Å². The minimum atomic E-state index is -0.0891. The highest BCUT2D eigenvalue weighted by Crippen LogP contribution is 2.22. The predicted octanol–water partition coefficient (Wildman–Crippen LogP) is 3.88. The summed E-state index contributed by atoms with van der Waals surface area (Å²) in [4.78, 5) is 26.7. The van der Waals surface area contributed by atoms with Crippen LogP contribution in [0.4, 0.5) is 11.4 Å². The number of hydrogen-bond acceptors (Lipinski definition) is 4. The molecule has 0 aromatic heterocycles. The van der Waals surface area contributed by atoms with Crippen LogP contribution in [-0.4, -0.2) is 43.1 Å². The van der Waals surface area contributed by atoms with Gasteiger partial charge in [-0.2, -0.15) is 0 Å². The molecule has 5 nitrogen and oxygen atoms in total. The van der Waals surface area contributed by atoms with Crippen molar-refractivity contribution in [2.45, 2.75) is 11.8 Å². The highest BCUT2D eigenvalue weighted by atomic mass is 35.5. The number of carbonyl (C=O) groups is 2. The summed E-state index contributed by atoms with van der Waals surface area (Å²) in [6.07, 6.45) is 0. The van der Waals surface area contributed by atoms with Gasteiger partial charge < -0.3 is 15.5 Å². The molecule has 0 aliphatic carbocycles. The minimum absolute atomic E-state index is 0.0748. The van der Waals surface area contributed by atoms with Crippen LogP contribution in [0.1, 0.15) is 5.56 Å². The van der Waals surface area contributed by atoms with E-state index in [1.54, 1.807) is 29.2 Å². The number of halogens is 1. The average Bonchev–Trinajstić information content (AvgIpc) is 2.56. The van der Waals surface area contributed by atoms with Gasteiger partial charge in [0.1, 0.15) is 0 Å². The highest BCUT2D eigenvalue weighted by molar-refractivity contribution is 8.00. The maximum Gasteiger partial charge on any atom is 0.238 e. The van der Waals surface area contributed by atoms with Gasteiger partial charge in [0.15, 0.2) is 0 Å². The molecule has 2 N–H and O–H groups in total. The zero-order valence-corrected chi connectivity index (χ0v) is 16.6. The van der Waals surface area contributed by atoms with E-state index < -0.39 is 0 Å². The molecule has 7 heteroatoms. The third-order valence-corrected chi connectivity index (χ3v) is 4.69. The lowest BCUT2D eigenvalue weighted by molar-refractivity contribution is -0.117. The first kappa shape index (κ1) is 20.3. The first-order chi connectivity index (χ1) is 12.3. The molecule has 0 unspecified atom stereocenters. The first-order valence-corrected chi connectivity index (χ1v) is 9.43. The number of thioether (sulfide) groups is 1. The van der Waals surface area contributed by atoms with Crippen molar-refractivity contribution >= 4 is 46.6 Å². The molecule has 2 amide bonds. The fourth-order valence-electron chi connectivity index (χ4n) is 2.24. The Hall–Kier alpha value is -2.02. The van der Waals surface area contributed by atoms with Crippen LogP contribution in [0.25, 0.3) is 0 Å². The lowest BCUT2D eigenvalue weighted by atomic mass is 10.1. The largest absolute Gasteiger partial charge is 0.325 e. The number of benzene rings is 2. The van der Waals surface area contributed by atoms with Crippen molar-refractivity contribution < 1.29 is 9.59 Å². The molecule has 0 saturated carbocycles. The maximum atomic E-state index is 12.1. The monoisotopic (exact) mass is 391 g/mol. The summed E-state index contributed by atoms with van der Waals surface area (Å²) in [5.41, 5.74) is 2.33. The Morgan fingerprint density at radius 1 is 1.04 bits per heavy atom. The predicted molar refractivity (Wildman–Crippen MR) is 109 cm³/mol. The van der Waals surface area contributed by atoms with Gasteiger partial charge in [0.2, 0.25) is 11.8 Å². The third kappa shape index (κ3) is 6.71. The van der Waals surface area contributed by atoms with Gasteiger partial charge in [0.05, 0.1) is 12.3 Å². The molecular formula is C19H22ClN3O2S. The van der Waals surface area contributed by atoms with Gasteiger partial charge in [0.25, 0.3) is 0 Å². The zero-order valence-electron chi connectivity index (χ0n) is 15.0. The van der Waals surface area contributed by atoms with Gasteiger partial charge in [-0.15, -0.1) is 11.8 Å². The molecular weight excluding hydrogens is 370 g/mol. The molecule has 26 heavy (non-hydrogen) atoms. The summed E-state index contributed by atoms with van der Waals surface area (Å²) in [6, 6.07) is 12.8. The molecule has 0 atom stereocenters. The number of carbonyl (C=O) groups excluding carboxylic acids is 2. The van der Waals surface area contributed by atoms with E-state index in [0.717, 1.165) is 16.1 Å². The van der Waals surface area contributed by atoms with Crippen LogP contribution in [0.3, 0.4) is 0 Å². The van der Waals surface area contributed by atoms with E-state index in [-0.39, 0.29) is 11.8 Å². The van der Waals surface area contributed by atoms with Crippen LogP contribution >= 0.6 is 23.4 Å². The van der Waals surface area contributed by atoms with Gasteiger partial charge in [-0.3, -0.25) is 9.59 Å². The molecule has 2 aromatic carbocycles. The third-order valence-electron chi connectivity index (χ3n) is 3.43. The second-order valence-electron chi connectivity index (χ2n) is 6.11. The lowest BCUT2D eigenvalue weighted by Gasteiger charge is -2.13. The summed E-state index contributed by atoms with van der Waals surface area (Å²) >= 11 is 7.29. The number of nitrogens with one attached hydrogen (secondary N) is 2. The van der Waals surface area contributed by atoms with E-state index in [9.17, 15) is 9.59 Å². The second kappa shape index (κ2) is 9.62. The van der Waals surface area contributed by atoms with Gasteiger partial charge in [-0.25, -0.2) is 0 Å². The fraction of sp³-hybridized carbons (Fsp3) is 0.263. The van der Waals surface area contributed by atoms with E-state index >= 15 is 0 Å². The average molecular weight is 392 g/mol. The SMILES string of the molecule is Cc1cc(NC(=O)CSc2ccc(Cl)cc2)ccc1NC(=O)CN(C)C. The fourth-order valence-corrected chi connectivity index (χ4v) is 3.06. The number of amides is 2. The Labute approximate surface area is 163 Å².